The average Bonchev–Trinajstić information content (AvgIpc) is 1.61. The number of amides is 1. The Balaban J connectivity index is 0.000000335. The molecule has 4 N–H and O–H groups in total. The van der Waals surface area contributed by atoms with Crippen molar-refractivity contribution in [2.75, 3.05) is 179 Å². The second-order valence-corrected chi connectivity index (χ2v) is 58.9. The predicted molar refractivity (Wildman–Crippen MR) is 559 cm³/mol. The zero-order chi connectivity index (χ0) is 109. The number of ketones is 1. The monoisotopic (exact) mass is 2180 g/mol. The van der Waals surface area contributed by atoms with Crippen molar-refractivity contribution in [1.82, 2.24) is 42.7 Å². The number of aliphatic hydroxyl groups excluding tert-OH is 2. The van der Waals surface area contributed by atoms with Crippen LogP contribution in [0.15, 0.2) is 108 Å². The first-order valence-electron chi connectivity index (χ1n) is 49.2. The Morgan fingerprint density at radius 2 is 0.952 bits per heavy atom. The Bertz CT molecular complexity index is 5420. The van der Waals surface area contributed by atoms with Crippen molar-refractivity contribution < 1.29 is 127 Å². The molecule has 1 amide bonds. The molecular formula is C97H164N10O33P4Si2. The number of aromatic nitrogens is 6. The molecule has 4 unspecified atom stereocenters. The summed E-state index contributed by atoms with van der Waals surface area (Å²) in [6.45, 7) is 51.3. The number of nitrogens with zero attached hydrogens (tertiary/aromatic N) is 8. The van der Waals surface area contributed by atoms with Gasteiger partial charge in [0.25, 0.3) is 25.2 Å². The van der Waals surface area contributed by atoms with Gasteiger partial charge < -0.3 is 118 Å². The molecule has 5 aromatic rings. The molecular weight excluding hydrogens is 2010 g/mol. The predicted octanol–water partition coefficient (Wildman–Crippen LogP) is 10.3. The number of ether oxygens (including phenoxy) is 13. The Hall–Kier alpha value is -6.30. The summed E-state index contributed by atoms with van der Waals surface area (Å²) < 4.78 is 170. The number of carbonyl (C=O) groups is 2. The fourth-order valence-electron chi connectivity index (χ4n) is 15.7. The summed E-state index contributed by atoms with van der Waals surface area (Å²) in [6.07, 6.45) is -11.8. The Kier molecular flexibility index (Phi) is 53.1. The van der Waals surface area contributed by atoms with Crippen LogP contribution in [0.5, 0.6) is 0 Å². The van der Waals surface area contributed by atoms with Crippen LogP contribution in [0.2, 0.25) is 36.3 Å². The van der Waals surface area contributed by atoms with Gasteiger partial charge in [-0.2, -0.15) is 0 Å². The van der Waals surface area contributed by atoms with Gasteiger partial charge in [0, 0.05) is 102 Å². The molecule has 146 heavy (non-hydrogen) atoms. The smallest absolute Gasteiger partial charge is 0.335 e. The minimum atomic E-state index is -3.33. The minimum Gasteiger partial charge on any atom is -0.408 e. The number of rotatable bonds is 60. The van der Waals surface area contributed by atoms with E-state index < -0.39 is 204 Å². The highest BCUT2D eigenvalue weighted by Crippen LogP contribution is 2.55. The van der Waals surface area contributed by atoms with Crippen LogP contribution in [0.4, 0.5) is 0 Å². The highest BCUT2D eigenvalue weighted by Gasteiger charge is 2.59. The molecule has 43 nitrogen and oxygen atoms in total. The number of hydrogen-bond donors (Lipinski definition) is 4. The van der Waals surface area contributed by atoms with E-state index >= 15 is 0 Å². The molecule has 6 heterocycles. The number of carbonyl (C=O) groups excluding carboxylic acids is 2. The van der Waals surface area contributed by atoms with Gasteiger partial charge in [-0.15, -0.1) is 0 Å². The van der Waals surface area contributed by atoms with E-state index in [1.807, 2.05) is 112 Å². The lowest BCUT2D eigenvalue weighted by molar-refractivity contribution is -0.136. The zero-order valence-corrected chi connectivity index (χ0v) is 96.1. The fraction of sp³-hybridized carbons (Fsp3) is 0.722. The van der Waals surface area contributed by atoms with Crippen molar-refractivity contribution in [3.05, 3.63) is 181 Å². The Labute approximate surface area is 861 Å². The molecule has 3 aliphatic rings. The molecule has 8 rings (SSSR count). The lowest BCUT2D eigenvalue weighted by Gasteiger charge is -2.41. The number of likely N-dealkylation sites (N-methyl/N-ethyl adjacent to an activating group) is 1. The van der Waals surface area contributed by atoms with Gasteiger partial charge in [0.15, 0.2) is 41.1 Å². The number of methoxy groups -OCH3 is 3. The lowest BCUT2D eigenvalue weighted by atomic mass is 10.1. The van der Waals surface area contributed by atoms with E-state index in [0.717, 1.165) is 20.3 Å². The standard InChI is InChI=1S/C34H55N2O12PSi.C32H58N6O11P2.C31H51N2O10PSi/c1-10-46-49(7,41)22-27(45-21-26(38)19-37)28-29(48-50(8,9)34(3,4)5)30(44-17-16-42-6)32(47-28)35-18-24(2)31(39)36(33(35)40)23-43-20-25-14-12-11-13-15-25;1-12-47-51(11,42)21-25(45-20-26(39)34-13-15-36(8)9)27-28(49-50(46-16-14-33-7)38(22(2)3)23(4)5)29(44-18-17-43-10)31(48-27)37-19-24(6)30(40)35-32(37)41;1-10-41-44(7,37)20-24(34)25-26(43-45(8,9)31(3,4)5)27(40-17-16-38-6)29(42-25)32-18-22(2)28(35)33(30(32)36)21-39-19-23-14-12-11-13-15-23/h11-15,18,27-30,32,37H,10,16-17,19-23H2,1-9H3;19,22-23,25,27-29,31H,12-18,20-21H2,1-6,8-11H3,(H,34,39)(H,35,40,41);11-15,18,24-27,29,34H,10,16-17,19-21H2,1-9H3/t27-,28+,29+,30+,32+,49?;25-,27+,28+,29+,31+,50?,51?;24-,25-,26-,27-,29-,44?/m001/s1. The highest BCUT2D eigenvalue weighted by atomic mass is 31.2. The van der Waals surface area contributed by atoms with E-state index in [2.05, 4.69) is 82.9 Å². The van der Waals surface area contributed by atoms with Crippen LogP contribution in [0.3, 0.4) is 0 Å². The molecule has 19 atom stereocenters. The number of nitrogens with one attached hydrogen (secondary N) is 2. The Morgan fingerprint density at radius 1 is 0.562 bits per heavy atom. The number of benzene rings is 2. The molecule has 3 fully saturated rings. The Morgan fingerprint density at radius 3 is 1.35 bits per heavy atom. The van der Waals surface area contributed by atoms with E-state index in [-0.39, 0.29) is 157 Å². The molecule has 0 radical (unpaired) electrons. The third-order valence-corrected chi connectivity index (χ3v) is 41.6. The van der Waals surface area contributed by atoms with Crippen LogP contribution in [-0.2, 0) is 143 Å². The quantitative estimate of drug-likeness (QED) is 0.0122. The van der Waals surface area contributed by atoms with E-state index in [0.29, 0.717) is 13.1 Å². The summed E-state index contributed by atoms with van der Waals surface area (Å²) in [6, 6.07) is 18.7. The van der Waals surface area contributed by atoms with Gasteiger partial charge >= 0.3 is 17.1 Å². The number of aromatic amines is 1. The lowest BCUT2D eigenvalue weighted by Crippen LogP contribution is -2.53. The van der Waals surface area contributed by atoms with Crippen molar-refractivity contribution in [1.29, 1.82) is 0 Å². The van der Waals surface area contributed by atoms with Crippen LogP contribution in [0, 0.1) is 27.3 Å². The maximum absolute atomic E-state index is 14.1. The van der Waals surface area contributed by atoms with Crippen molar-refractivity contribution in [3.63, 3.8) is 0 Å². The van der Waals surface area contributed by atoms with Crippen LogP contribution in [0.25, 0.3) is 4.85 Å². The van der Waals surface area contributed by atoms with Gasteiger partial charge in [-0.25, -0.2) is 34.8 Å². The molecule has 2 aromatic carbocycles. The maximum atomic E-state index is 14.1. The summed E-state index contributed by atoms with van der Waals surface area (Å²) in [4.78, 5) is 113. The molecule has 3 saturated heterocycles. The van der Waals surface area contributed by atoms with Crippen LogP contribution in [0.1, 0.15) is 137 Å². The largest absolute Gasteiger partial charge is 0.408 e. The number of hydrogen-bond acceptors (Lipinski definition) is 35. The topological polar surface area (TPSA) is 476 Å². The van der Waals surface area contributed by atoms with E-state index in [4.69, 9.17) is 99.6 Å². The van der Waals surface area contributed by atoms with E-state index in [1.165, 1.54) is 66.5 Å². The zero-order valence-electron chi connectivity index (χ0n) is 90.5. The van der Waals surface area contributed by atoms with Crippen LogP contribution in [-0.4, -0.2) is 341 Å². The number of Topliss-reactive ketones (excluding diaryl/α,β-unsaturated/α-hetero) is 1. The molecule has 828 valence electrons. The van der Waals surface area contributed by atoms with Crippen LogP contribution >= 0.6 is 30.6 Å². The summed E-state index contributed by atoms with van der Waals surface area (Å²) in [5.41, 5.74) is -1.11. The second-order valence-electron chi connectivity index (χ2n) is 40.1. The summed E-state index contributed by atoms with van der Waals surface area (Å²) in [7, 11) is -8.46. The minimum absolute atomic E-state index is 0.0512. The number of aryl methyl sites for hydroxylation is 3. The highest BCUT2D eigenvalue weighted by molar-refractivity contribution is 7.58. The fourth-order valence-corrected chi connectivity index (χ4v) is 24.9. The van der Waals surface area contributed by atoms with Crippen molar-refractivity contribution >= 4 is 59.0 Å². The second kappa shape index (κ2) is 60.4. The van der Waals surface area contributed by atoms with Crippen molar-refractivity contribution in [2.24, 2.45) is 0 Å². The van der Waals surface area contributed by atoms with Gasteiger partial charge in [0.2, 0.25) is 34.6 Å². The maximum Gasteiger partial charge on any atom is 0.335 e. The third kappa shape index (κ3) is 38.5. The summed E-state index contributed by atoms with van der Waals surface area (Å²) in [5, 5.41) is 23.3. The number of aliphatic hydroxyl groups is 2. The van der Waals surface area contributed by atoms with Gasteiger partial charge in [0.05, 0.1) is 109 Å². The van der Waals surface area contributed by atoms with Gasteiger partial charge in [0.1, 0.15) is 94.8 Å². The first kappa shape index (κ1) is 128. The number of H-pyrrole nitrogens is 1. The normalized spacial score (nSPS) is 22.0. The SMILES string of the molecule is CCOP(C)(=O)C[C@@H](O)[C@H]1O[C@@H](n2cc(C)c(=O)n(COCc3ccccc3)c2=O)[C@H](OCCOC)[C@@H]1O[Si](C)(C)C(C)(C)C.CCOP(C)(=O)C[C@H](OCC(=O)CO)[C@H]1O[C@@H](n2cc(C)c(=O)n(COCc3ccccc3)c2=O)[C@H](OCCOC)[C@@H]1O[Si](C)(C)C(C)(C)C.[C-]#[N+]CCOP(O[C@H]1[C@@H](OCCOC)[C@H](n2cc(C)c(=O)[nH]c2=O)O[C@@H]1[C@H](CP(C)(=O)OCC)OCC(=O)NCCN(C)C)N(C(C)C)C(C)C. The molecule has 3 aliphatic heterocycles. The van der Waals surface area contributed by atoms with Crippen molar-refractivity contribution in [2.45, 2.75) is 278 Å². The van der Waals surface area contributed by atoms with E-state index in [1.54, 1.807) is 48.7 Å². The first-order chi connectivity index (χ1) is 68.5. The summed E-state index contributed by atoms with van der Waals surface area (Å²) in [5.74, 6) is -0.983. The molecule has 0 aliphatic carbocycles. The molecule has 0 spiro atoms. The van der Waals surface area contributed by atoms with Gasteiger partial charge in [-0.05, 0) is 131 Å². The van der Waals surface area contributed by atoms with Crippen molar-refractivity contribution in [3.8, 4) is 0 Å². The van der Waals surface area contributed by atoms with E-state index in [9.17, 15) is 62.3 Å². The average molecular weight is 2180 g/mol. The van der Waals surface area contributed by atoms with Crippen LogP contribution < -0.4 is 39.1 Å². The molecule has 3 aromatic heterocycles. The summed E-state index contributed by atoms with van der Waals surface area (Å²) >= 11 is 0. The third-order valence-electron chi connectivity index (χ3n) is 25.0. The molecule has 0 bridgehead atoms. The molecule has 0 saturated carbocycles. The molecule has 49 heteroatoms. The first-order valence-corrected chi connectivity index (χ1v) is 62.9. The van der Waals surface area contributed by atoms with Gasteiger partial charge in [-0.1, -0.05) is 102 Å². The van der Waals surface area contributed by atoms with Gasteiger partial charge in [-0.3, -0.25) is 56.4 Å².